The van der Waals surface area contributed by atoms with Crippen molar-refractivity contribution in [2.24, 2.45) is 0 Å². The zero-order valence-electron chi connectivity index (χ0n) is 17.9. The van der Waals surface area contributed by atoms with Crippen LogP contribution < -0.4 is 5.32 Å². The number of nitrogens with one attached hydrogen (secondary N) is 1. The first-order valence-corrected chi connectivity index (χ1v) is 11.1. The molecule has 28 heavy (non-hydrogen) atoms. The predicted molar refractivity (Wildman–Crippen MR) is 113 cm³/mol. The summed E-state index contributed by atoms with van der Waals surface area (Å²) in [5.41, 5.74) is 0. The van der Waals surface area contributed by atoms with Crippen molar-refractivity contribution in [3.05, 3.63) is 12.2 Å². The number of aliphatic hydroxyl groups excluding tert-OH is 4. The van der Waals surface area contributed by atoms with Crippen LogP contribution in [0.25, 0.3) is 0 Å². The fourth-order valence-corrected chi connectivity index (χ4v) is 3.03. The molecule has 0 aliphatic heterocycles. The van der Waals surface area contributed by atoms with E-state index in [4.69, 9.17) is 0 Å². The maximum absolute atomic E-state index is 12.1. The molecule has 0 saturated carbocycles. The maximum atomic E-state index is 12.1. The van der Waals surface area contributed by atoms with E-state index >= 15 is 0 Å². The zero-order chi connectivity index (χ0) is 21.2. The van der Waals surface area contributed by atoms with Gasteiger partial charge in [-0.2, -0.15) is 0 Å². The van der Waals surface area contributed by atoms with E-state index < -0.39 is 36.9 Å². The van der Waals surface area contributed by atoms with Crippen molar-refractivity contribution in [1.29, 1.82) is 0 Å². The topological polar surface area (TPSA) is 110 Å². The molecule has 4 atom stereocenters. The minimum absolute atomic E-state index is 0.346. The summed E-state index contributed by atoms with van der Waals surface area (Å²) in [6.45, 7) is 3.73. The van der Waals surface area contributed by atoms with Gasteiger partial charge in [-0.15, -0.1) is 0 Å². The molecule has 5 N–H and O–H groups in total. The first-order chi connectivity index (χ1) is 13.5. The van der Waals surface area contributed by atoms with Gasteiger partial charge in [0.2, 0.25) is 5.91 Å². The van der Waals surface area contributed by atoms with Gasteiger partial charge in [-0.25, -0.2) is 0 Å². The molecule has 0 aliphatic carbocycles. The molecule has 6 heteroatoms. The fraction of sp³-hybridized carbons (Fsp3) is 0.864. The van der Waals surface area contributed by atoms with Crippen LogP contribution in [0.2, 0.25) is 0 Å². The number of rotatable bonds is 18. The van der Waals surface area contributed by atoms with Crippen LogP contribution in [0.1, 0.15) is 90.9 Å². The lowest BCUT2D eigenvalue weighted by atomic mass is 10.00. The van der Waals surface area contributed by atoms with Crippen molar-refractivity contribution in [1.82, 2.24) is 5.32 Å². The Kier molecular flexibility index (Phi) is 17.5. The molecule has 4 unspecified atom stereocenters. The summed E-state index contributed by atoms with van der Waals surface area (Å²) in [7, 11) is 0. The Hall–Kier alpha value is -0.950. The molecule has 0 radical (unpaired) electrons. The molecule has 0 bridgehead atoms. The molecule has 0 saturated heterocycles. The van der Waals surface area contributed by atoms with E-state index in [1.807, 2.05) is 6.92 Å². The third-order valence-corrected chi connectivity index (χ3v) is 4.98. The van der Waals surface area contributed by atoms with Crippen molar-refractivity contribution in [2.45, 2.75) is 115 Å². The lowest BCUT2D eigenvalue weighted by molar-refractivity contribution is -0.132. The van der Waals surface area contributed by atoms with Crippen molar-refractivity contribution in [2.75, 3.05) is 6.61 Å². The second-order valence-electron chi connectivity index (χ2n) is 7.62. The normalized spacial score (nSPS) is 16.1. The largest absolute Gasteiger partial charge is 0.394 e. The Morgan fingerprint density at radius 2 is 1.46 bits per heavy atom. The van der Waals surface area contributed by atoms with E-state index in [0.717, 1.165) is 51.4 Å². The summed E-state index contributed by atoms with van der Waals surface area (Å²) in [5.74, 6) is -0.613. The maximum Gasteiger partial charge on any atom is 0.249 e. The first-order valence-electron chi connectivity index (χ1n) is 11.1. The smallest absolute Gasteiger partial charge is 0.249 e. The minimum atomic E-state index is -1.25. The summed E-state index contributed by atoms with van der Waals surface area (Å²) >= 11 is 0. The summed E-state index contributed by atoms with van der Waals surface area (Å²) in [6, 6.07) is -0.980. The molecular weight excluding hydrogens is 358 g/mol. The van der Waals surface area contributed by atoms with Crippen LogP contribution in [-0.2, 0) is 4.79 Å². The number of carbonyl (C=O) groups is 1. The standard InChI is InChI=1S/C22H43NO5/c1-3-5-7-8-9-10-11-12-14-16-20(26)22(28)23-18(17-24)21(27)19(25)15-13-6-4-2/h8-9,18-21,24-27H,3-7,10-17H2,1-2H3,(H,23,28)/b9-8-. The molecule has 1 amide bonds. The zero-order valence-corrected chi connectivity index (χ0v) is 17.9. The van der Waals surface area contributed by atoms with Gasteiger partial charge < -0.3 is 25.7 Å². The Bertz CT molecular complexity index is 402. The number of unbranched alkanes of at least 4 members (excludes halogenated alkanes) is 7. The molecule has 6 nitrogen and oxygen atoms in total. The van der Waals surface area contributed by atoms with Crippen LogP contribution >= 0.6 is 0 Å². The van der Waals surface area contributed by atoms with Crippen LogP contribution in [0.3, 0.4) is 0 Å². The molecular formula is C22H43NO5. The number of carbonyl (C=O) groups excluding carboxylic acids is 1. The SMILES string of the molecule is CCCC/C=C\CCCCCC(O)C(=O)NC(CO)C(O)C(O)CCCCC. The van der Waals surface area contributed by atoms with Crippen LogP contribution in [-0.4, -0.2) is 57.3 Å². The highest BCUT2D eigenvalue weighted by Crippen LogP contribution is 2.11. The Morgan fingerprint density at radius 3 is 2.07 bits per heavy atom. The summed E-state index contributed by atoms with van der Waals surface area (Å²) in [4.78, 5) is 12.1. The van der Waals surface area contributed by atoms with E-state index in [1.54, 1.807) is 0 Å². The van der Waals surface area contributed by atoms with Crippen molar-refractivity contribution in [3.63, 3.8) is 0 Å². The Balaban J connectivity index is 4.07. The van der Waals surface area contributed by atoms with Gasteiger partial charge >= 0.3 is 0 Å². The molecule has 0 fully saturated rings. The molecule has 0 spiro atoms. The molecule has 0 aromatic rings. The van der Waals surface area contributed by atoms with Crippen molar-refractivity contribution >= 4 is 5.91 Å². The van der Waals surface area contributed by atoms with Gasteiger partial charge in [-0.05, 0) is 32.1 Å². The highest BCUT2D eigenvalue weighted by molar-refractivity contribution is 5.80. The van der Waals surface area contributed by atoms with E-state index in [0.29, 0.717) is 12.8 Å². The van der Waals surface area contributed by atoms with E-state index in [1.165, 1.54) is 12.8 Å². The number of hydrogen-bond acceptors (Lipinski definition) is 5. The lowest BCUT2D eigenvalue weighted by Gasteiger charge is -2.27. The Morgan fingerprint density at radius 1 is 0.857 bits per heavy atom. The van der Waals surface area contributed by atoms with Crippen LogP contribution in [0.15, 0.2) is 12.2 Å². The molecule has 166 valence electrons. The number of allylic oxidation sites excluding steroid dienone is 2. The average Bonchev–Trinajstić information content (AvgIpc) is 2.69. The van der Waals surface area contributed by atoms with Gasteiger partial charge in [0, 0.05) is 0 Å². The number of aliphatic hydroxyl groups is 4. The fourth-order valence-electron chi connectivity index (χ4n) is 3.03. The highest BCUT2D eigenvalue weighted by Gasteiger charge is 2.28. The van der Waals surface area contributed by atoms with Crippen LogP contribution in [0.4, 0.5) is 0 Å². The highest BCUT2D eigenvalue weighted by atomic mass is 16.3. The molecule has 0 aromatic heterocycles. The van der Waals surface area contributed by atoms with Gasteiger partial charge in [0.1, 0.15) is 12.2 Å². The van der Waals surface area contributed by atoms with E-state index in [-0.39, 0.29) is 0 Å². The second kappa shape index (κ2) is 18.1. The minimum Gasteiger partial charge on any atom is -0.394 e. The number of hydrogen-bond donors (Lipinski definition) is 5. The average molecular weight is 402 g/mol. The predicted octanol–water partition coefficient (Wildman–Crippen LogP) is 2.82. The van der Waals surface area contributed by atoms with Gasteiger partial charge in [0.05, 0.1) is 18.8 Å². The second-order valence-corrected chi connectivity index (χ2v) is 7.62. The Labute approximate surface area is 171 Å². The summed E-state index contributed by atoms with van der Waals surface area (Å²) in [5, 5.41) is 42.0. The van der Waals surface area contributed by atoms with Crippen LogP contribution in [0, 0.1) is 0 Å². The summed E-state index contributed by atoms with van der Waals surface area (Å²) < 4.78 is 0. The lowest BCUT2D eigenvalue weighted by Crippen LogP contribution is -2.53. The van der Waals surface area contributed by atoms with Gasteiger partial charge in [0.25, 0.3) is 0 Å². The number of amides is 1. The van der Waals surface area contributed by atoms with Crippen molar-refractivity contribution < 1.29 is 25.2 Å². The first kappa shape index (κ1) is 27.0. The van der Waals surface area contributed by atoms with Gasteiger partial charge in [-0.1, -0.05) is 70.9 Å². The van der Waals surface area contributed by atoms with E-state index in [2.05, 4.69) is 24.4 Å². The van der Waals surface area contributed by atoms with E-state index in [9.17, 15) is 25.2 Å². The monoisotopic (exact) mass is 401 g/mol. The quantitative estimate of drug-likeness (QED) is 0.179. The molecule has 0 aromatic carbocycles. The molecule has 0 rings (SSSR count). The molecule has 0 aliphatic rings. The van der Waals surface area contributed by atoms with Gasteiger partial charge in [0.15, 0.2) is 0 Å². The van der Waals surface area contributed by atoms with Gasteiger partial charge in [-0.3, -0.25) is 4.79 Å². The van der Waals surface area contributed by atoms with Crippen LogP contribution in [0.5, 0.6) is 0 Å². The third-order valence-electron chi connectivity index (χ3n) is 4.98. The van der Waals surface area contributed by atoms with Crippen molar-refractivity contribution in [3.8, 4) is 0 Å². The molecule has 0 heterocycles. The summed E-state index contributed by atoms with van der Waals surface area (Å²) in [6.07, 6.45) is 11.7. The third kappa shape index (κ3) is 13.3.